The normalized spacial score (nSPS) is 11.9. The van der Waals surface area contributed by atoms with Crippen molar-refractivity contribution in [1.29, 1.82) is 0 Å². The van der Waals surface area contributed by atoms with E-state index in [9.17, 15) is 8.42 Å². The van der Waals surface area contributed by atoms with Crippen LogP contribution in [0.4, 0.5) is 0 Å². The van der Waals surface area contributed by atoms with E-state index in [1.54, 1.807) is 24.3 Å². The van der Waals surface area contributed by atoms with Gasteiger partial charge in [-0.05, 0) is 42.2 Å². The molecule has 2 aromatic rings. The summed E-state index contributed by atoms with van der Waals surface area (Å²) in [6.45, 7) is 4.42. The zero-order valence-corrected chi connectivity index (χ0v) is 12.5. The highest BCUT2D eigenvalue weighted by Crippen LogP contribution is 2.14. The van der Waals surface area contributed by atoms with Gasteiger partial charge in [-0.2, -0.15) is 0 Å². The number of sulfonamides is 1. The molecule has 2 rings (SSSR count). The van der Waals surface area contributed by atoms with Gasteiger partial charge in [0, 0.05) is 0 Å². The lowest BCUT2D eigenvalue weighted by Gasteiger charge is -2.08. The van der Waals surface area contributed by atoms with Crippen LogP contribution in [0.3, 0.4) is 0 Å². The second kappa shape index (κ2) is 6.24. The van der Waals surface area contributed by atoms with E-state index in [0.717, 1.165) is 12.0 Å². The predicted octanol–water partition coefficient (Wildman–Crippen LogP) is 2.96. The van der Waals surface area contributed by atoms with Crippen molar-refractivity contribution in [2.45, 2.75) is 31.7 Å². The second-order valence-corrected chi connectivity index (χ2v) is 6.91. The molecule has 1 aromatic carbocycles. The molecule has 0 fully saturated rings. The van der Waals surface area contributed by atoms with Gasteiger partial charge < -0.3 is 4.42 Å². The van der Waals surface area contributed by atoms with Gasteiger partial charge in [-0.3, -0.25) is 0 Å². The molecule has 0 aliphatic rings. The molecule has 0 saturated carbocycles. The van der Waals surface area contributed by atoms with Crippen molar-refractivity contribution in [1.82, 2.24) is 4.72 Å². The van der Waals surface area contributed by atoms with Crippen LogP contribution in [-0.2, 0) is 23.0 Å². The summed E-state index contributed by atoms with van der Waals surface area (Å²) in [7, 11) is -3.49. The largest absolute Gasteiger partial charge is 0.468 e. The maximum absolute atomic E-state index is 12.1. The SMILES string of the molecule is CC(C)Cc1ccc(S(=O)(=O)NCc2ccco2)cc1. The van der Waals surface area contributed by atoms with Gasteiger partial charge in [0.1, 0.15) is 5.76 Å². The molecule has 0 aliphatic heterocycles. The van der Waals surface area contributed by atoms with Crippen LogP contribution in [-0.4, -0.2) is 8.42 Å². The van der Waals surface area contributed by atoms with Gasteiger partial charge in [0.15, 0.2) is 0 Å². The molecular formula is C15H19NO3S. The molecule has 1 N–H and O–H groups in total. The van der Waals surface area contributed by atoms with Crippen LogP contribution in [0.1, 0.15) is 25.2 Å². The minimum Gasteiger partial charge on any atom is -0.468 e. The first-order valence-electron chi connectivity index (χ1n) is 6.58. The van der Waals surface area contributed by atoms with Crippen LogP contribution >= 0.6 is 0 Å². The van der Waals surface area contributed by atoms with E-state index in [0.29, 0.717) is 11.7 Å². The molecule has 1 heterocycles. The number of hydrogen-bond acceptors (Lipinski definition) is 3. The minimum absolute atomic E-state index is 0.156. The van der Waals surface area contributed by atoms with E-state index >= 15 is 0 Å². The fraction of sp³-hybridized carbons (Fsp3) is 0.333. The zero-order chi connectivity index (χ0) is 14.6. The average molecular weight is 293 g/mol. The molecule has 0 atom stereocenters. The second-order valence-electron chi connectivity index (χ2n) is 5.15. The van der Waals surface area contributed by atoms with Crippen LogP contribution in [0.25, 0.3) is 0 Å². The molecule has 108 valence electrons. The van der Waals surface area contributed by atoms with Gasteiger partial charge >= 0.3 is 0 Å². The Hall–Kier alpha value is -1.59. The third kappa shape index (κ3) is 3.95. The van der Waals surface area contributed by atoms with Gasteiger partial charge in [0.2, 0.25) is 10.0 Å². The Morgan fingerprint density at radius 1 is 1.15 bits per heavy atom. The molecule has 0 radical (unpaired) electrons. The van der Waals surface area contributed by atoms with Crippen LogP contribution in [0, 0.1) is 5.92 Å². The maximum Gasteiger partial charge on any atom is 0.240 e. The van der Waals surface area contributed by atoms with Crippen molar-refractivity contribution in [3.63, 3.8) is 0 Å². The van der Waals surface area contributed by atoms with E-state index in [2.05, 4.69) is 18.6 Å². The molecule has 4 nitrogen and oxygen atoms in total. The molecule has 0 unspecified atom stereocenters. The predicted molar refractivity (Wildman–Crippen MR) is 77.7 cm³/mol. The molecule has 0 spiro atoms. The monoisotopic (exact) mass is 293 g/mol. The number of nitrogens with one attached hydrogen (secondary N) is 1. The van der Waals surface area contributed by atoms with Crippen LogP contribution in [0.15, 0.2) is 52.0 Å². The summed E-state index contributed by atoms with van der Waals surface area (Å²) in [4.78, 5) is 0.275. The summed E-state index contributed by atoms with van der Waals surface area (Å²) < 4.78 is 31.8. The van der Waals surface area contributed by atoms with Gasteiger partial charge in [-0.1, -0.05) is 26.0 Å². The van der Waals surface area contributed by atoms with Crippen LogP contribution in [0.2, 0.25) is 0 Å². The summed E-state index contributed by atoms with van der Waals surface area (Å²) in [5.41, 5.74) is 1.14. The van der Waals surface area contributed by atoms with Gasteiger partial charge in [0.25, 0.3) is 0 Å². The first-order valence-corrected chi connectivity index (χ1v) is 8.06. The molecule has 1 aromatic heterocycles. The average Bonchev–Trinajstić information content (AvgIpc) is 2.89. The summed E-state index contributed by atoms with van der Waals surface area (Å²) in [5.74, 6) is 1.14. The van der Waals surface area contributed by atoms with Crippen molar-refractivity contribution < 1.29 is 12.8 Å². The van der Waals surface area contributed by atoms with Gasteiger partial charge in [-0.15, -0.1) is 0 Å². The lowest BCUT2D eigenvalue weighted by Crippen LogP contribution is -2.23. The van der Waals surface area contributed by atoms with Crippen LogP contribution < -0.4 is 4.72 Å². The Bertz CT molecular complexity index is 628. The van der Waals surface area contributed by atoms with Crippen LogP contribution in [0.5, 0.6) is 0 Å². The number of furan rings is 1. The maximum atomic E-state index is 12.1. The topological polar surface area (TPSA) is 59.3 Å². The fourth-order valence-electron chi connectivity index (χ4n) is 1.94. The Morgan fingerprint density at radius 3 is 2.40 bits per heavy atom. The van der Waals surface area contributed by atoms with E-state index in [1.165, 1.54) is 6.26 Å². The minimum atomic E-state index is -3.49. The Kier molecular flexibility index (Phi) is 4.62. The van der Waals surface area contributed by atoms with Crippen molar-refractivity contribution in [3.05, 3.63) is 54.0 Å². The molecule has 5 heteroatoms. The first kappa shape index (κ1) is 14.8. The van der Waals surface area contributed by atoms with E-state index < -0.39 is 10.0 Å². The molecule has 0 aliphatic carbocycles. The summed E-state index contributed by atoms with van der Waals surface area (Å²) in [6.07, 6.45) is 2.46. The first-order chi connectivity index (χ1) is 9.47. The molecule has 0 bridgehead atoms. The van der Waals surface area contributed by atoms with Crippen molar-refractivity contribution in [2.24, 2.45) is 5.92 Å². The van der Waals surface area contributed by atoms with Gasteiger partial charge in [0.05, 0.1) is 17.7 Å². The van der Waals surface area contributed by atoms with E-state index in [1.807, 2.05) is 12.1 Å². The summed E-state index contributed by atoms with van der Waals surface area (Å²) in [5, 5.41) is 0. The highest BCUT2D eigenvalue weighted by atomic mass is 32.2. The third-order valence-corrected chi connectivity index (χ3v) is 4.31. The van der Waals surface area contributed by atoms with E-state index in [-0.39, 0.29) is 11.4 Å². The highest BCUT2D eigenvalue weighted by Gasteiger charge is 2.14. The molecular weight excluding hydrogens is 274 g/mol. The zero-order valence-electron chi connectivity index (χ0n) is 11.7. The van der Waals surface area contributed by atoms with Crippen molar-refractivity contribution >= 4 is 10.0 Å². The summed E-state index contributed by atoms with van der Waals surface area (Å²) in [6, 6.07) is 10.5. The highest BCUT2D eigenvalue weighted by molar-refractivity contribution is 7.89. The number of rotatable bonds is 6. The van der Waals surface area contributed by atoms with Gasteiger partial charge in [-0.25, -0.2) is 13.1 Å². The quantitative estimate of drug-likeness (QED) is 0.890. The number of benzene rings is 1. The third-order valence-electron chi connectivity index (χ3n) is 2.89. The number of hydrogen-bond donors (Lipinski definition) is 1. The molecule has 0 saturated heterocycles. The Morgan fingerprint density at radius 2 is 1.85 bits per heavy atom. The standard InChI is InChI=1S/C15H19NO3S/c1-12(2)10-13-5-7-15(8-6-13)20(17,18)16-11-14-4-3-9-19-14/h3-9,12,16H,10-11H2,1-2H3. The lowest BCUT2D eigenvalue weighted by atomic mass is 10.0. The lowest BCUT2D eigenvalue weighted by molar-refractivity contribution is 0.498. The van der Waals surface area contributed by atoms with Crippen molar-refractivity contribution in [2.75, 3.05) is 0 Å². The Labute approximate surface area is 119 Å². The smallest absolute Gasteiger partial charge is 0.240 e. The fourth-order valence-corrected chi connectivity index (χ4v) is 2.93. The van der Waals surface area contributed by atoms with Crippen molar-refractivity contribution in [3.8, 4) is 0 Å². The van der Waals surface area contributed by atoms with E-state index in [4.69, 9.17) is 4.42 Å². The Balaban J connectivity index is 2.05. The molecule has 20 heavy (non-hydrogen) atoms. The summed E-state index contributed by atoms with van der Waals surface area (Å²) >= 11 is 0. The molecule has 0 amide bonds.